The highest BCUT2D eigenvalue weighted by Crippen LogP contribution is 2.26. The summed E-state index contributed by atoms with van der Waals surface area (Å²) < 4.78 is 5.97. The first-order valence-corrected chi connectivity index (χ1v) is 12.1. The molecule has 8 heteroatoms. The lowest BCUT2D eigenvalue weighted by Gasteiger charge is -2.26. The van der Waals surface area contributed by atoms with E-state index in [-0.39, 0.29) is 35.9 Å². The maximum absolute atomic E-state index is 12.8. The Hall–Kier alpha value is -2.36. The molecule has 1 saturated heterocycles. The number of amides is 1. The summed E-state index contributed by atoms with van der Waals surface area (Å²) in [5.74, 6) is 1.92. The molecule has 0 spiro atoms. The molecule has 2 aromatic rings. The third kappa shape index (κ3) is 7.32. The van der Waals surface area contributed by atoms with Gasteiger partial charge in [-0.2, -0.15) is 0 Å². The number of aromatic nitrogens is 1. The van der Waals surface area contributed by atoms with Crippen LogP contribution in [0, 0.1) is 5.92 Å². The van der Waals surface area contributed by atoms with Gasteiger partial charge in [-0.05, 0) is 30.9 Å². The van der Waals surface area contributed by atoms with Crippen LogP contribution in [0.5, 0.6) is 5.88 Å². The number of guanidine groups is 1. The fraction of sp³-hybridized carbons (Fsp3) is 0.500. The van der Waals surface area contributed by atoms with E-state index in [2.05, 4.69) is 20.6 Å². The number of halogens is 1. The molecule has 34 heavy (non-hydrogen) atoms. The molecule has 1 aliphatic heterocycles. The standard InChI is InChI=1S/C26H35N5O2.HI/c1-27-26(30-23-14-16-31(18-23)25(32)21-11-6-3-7-12-21)29-17-22-13-8-15-28-24(22)33-19-20-9-4-2-5-10-20;/h2,4-5,8-10,13,15,21,23H,3,6-7,11-12,14,16-19H2,1H3,(H2,27,29,30);1H. The molecule has 1 unspecified atom stereocenters. The van der Waals surface area contributed by atoms with Gasteiger partial charge in [0.05, 0.1) is 0 Å². The van der Waals surface area contributed by atoms with Crippen molar-refractivity contribution in [2.24, 2.45) is 10.9 Å². The Morgan fingerprint density at radius 2 is 1.91 bits per heavy atom. The summed E-state index contributed by atoms with van der Waals surface area (Å²) in [4.78, 5) is 23.7. The van der Waals surface area contributed by atoms with Crippen molar-refractivity contribution in [2.45, 2.75) is 57.7 Å². The second-order valence-electron chi connectivity index (χ2n) is 8.92. The molecule has 1 amide bonds. The number of aliphatic imine (C=N–C) groups is 1. The monoisotopic (exact) mass is 577 g/mol. The highest BCUT2D eigenvalue weighted by atomic mass is 127. The van der Waals surface area contributed by atoms with Crippen LogP contribution in [0.25, 0.3) is 0 Å². The van der Waals surface area contributed by atoms with Crippen LogP contribution in [0.4, 0.5) is 0 Å². The number of pyridine rings is 1. The van der Waals surface area contributed by atoms with E-state index < -0.39 is 0 Å². The number of rotatable bonds is 7. The molecule has 2 fully saturated rings. The molecular weight excluding hydrogens is 541 g/mol. The molecule has 2 N–H and O–H groups in total. The van der Waals surface area contributed by atoms with Crippen molar-refractivity contribution in [1.82, 2.24) is 20.5 Å². The molecule has 1 saturated carbocycles. The van der Waals surface area contributed by atoms with Crippen LogP contribution in [0.1, 0.15) is 49.7 Å². The van der Waals surface area contributed by atoms with Crippen LogP contribution < -0.4 is 15.4 Å². The van der Waals surface area contributed by atoms with Crippen molar-refractivity contribution in [3.8, 4) is 5.88 Å². The highest BCUT2D eigenvalue weighted by molar-refractivity contribution is 14.0. The lowest BCUT2D eigenvalue weighted by atomic mass is 9.88. The average Bonchev–Trinajstić information content (AvgIpc) is 3.35. The van der Waals surface area contributed by atoms with Crippen molar-refractivity contribution in [1.29, 1.82) is 0 Å². The first kappa shape index (κ1) is 26.2. The molecule has 2 aliphatic rings. The Balaban J connectivity index is 0.00000324. The van der Waals surface area contributed by atoms with Crippen LogP contribution in [-0.2, 0) is 17.9 Å². The Morgan fingerprint density at radius 3 is 2.68 bits per heavy atom. The van der Waals surface area contributed by atoms with E-state index in [4.69, 9.17) is 4.74 Å². The minimum absolute atomic E-state index is 0. The van der Waals surface area contributed by atoms with Gasteiger partial charge < -0.3 is 20.3 Å². The third-order valence-corrected chi connectivity index (χ3v) is 6.53. The van der Waals surface area contributed by atoms with Crippen molar-refractivity contribution in [2.75, 3.05) is 20.1 Å². The molecule has 184 valence electrons. The zero-order chi connectivity index (χ0) is 22.9. The molecule has 1 aromatic heterocycles. The van der Waals surface area contributed by atoms with Gasteiger partial charge in [0.25, 0.3) is 0 Å². The fourth-order valence-corrected chi connectivity index (χ4v) is 4.67. The van der Waals surface area contributed by atoms with E-state index in [0.717, 1.165) is 49.4 Å². The number of nitrogens with zero attached hydrogens (tertiary/aromatic N) is 3. The minimum Gasteiger partial charge on any atom is -0.473 e. The van der Waals surface area contributed by atoms with E-state index in [9.17, 15) is 4.79 Å². The van der Waals surface area contributed by atoms with Gasteiger partial charge in [-0.1, -0.05) is 55.7 Å². The number of hydrogen-bond acceptors (Lipinski definition) is 4. The number of carbonyl (C=O) groups is 1. The summed E-state index contributed by atoms with van der Waals surface area (Å²) in [6.07, 6.45) is 8.44. The number of ether oxygens (including phenoxy) is 1. The fourth-order valence-electron chi connectivity index (χ4n) is 4.67. The summed E-state index contributed by atoms with van der Waals surface area (Å²) in [6.45, 7) is 2.60. The molecule has 0 bridgehead atoms. The maximum atomic E-state index is 12.8. The smallest absolute Gasteiger partial charge is 0.225 e. The summed E-state index contributed by atoms with van der Waals surface area (Å²) in [7, 11) is 1.77. The summed E-state index contributed by atoms with van der Waals surface area (Å²) >= 11 is 0. The van der Waals surface area contributed by atoms with Crippen LogP contribution in [0.2, 0.25) is 0 Å². The lowest BCUT2D eigenvalue weighted by Crippen LogP contribution is -2.45. The Kier molecular flexibility index (Phi) is 10.4. The minimum atomic E-state index is 0. The first-order chi connectivity index (χ1) is 16.2. The number of benzene rings is 1. The number of carbonyl (C=O) groups excluding carboxylic acids is 1. The van der Waals surface area contributed by atoms with Gasteiger partial charge >= 0.3 is 0 Å². The van der Waals surface area contributed by atoms with Crippen molar-refractivity contribution >= 4 is 35.8 Å². The van der Waals surface area contributed by atoms with Gasteiger partial charge in [0, 0.05) is 50.4 Å². The van der Waals surface area contributed by atoms with Crippen LogP contribution in [-0.4, -0.2) is 47.9 Å². The van der Waals surface area contributed by atoms with Crippen LogP contribution in [0.15, 0.2) is 53.7 Å². The van der Waals surface area contributed by atoms with Gasteiger partial charge in [-0.3, -0.25) is 9.79 Å². The predicted molar refractivity (Wildman–Crippen MR) is 145 cm³/mol. The second kappa shape index (κ2) is 13.5. The van der Waals surface area contributed by atoms with Crippen molar-refractivity contribution < 1.29 is 9.53 Å². The molecule has 2 heterocycles. The molecule has 4 rings (SSSR count). The topological polar surface area (TPSA) is 78.9 Å². The first-order valence-electron chi connectivity index (χ1n) is 12.1. The van der Waals surface area contributed by atoms with E-state index in [1.807, 2.05) is 47.4 Å². The van der Waals surface area contributed by atoms with Gasteiger partial charge in [-0.25, -0.2) is 4.98 Å². The zero-order valence-corrected chi connectivity index (χ0v) is 22.2. The maximum Gasteiger partial charge on any atom is 0.225 e. The third-order valence-electron chi connectivity index (χ3n) is 6.53. The van der Waals surface area contributed by atoms with Crippen molar-refractivity contribution in [3.05, 3.63) is 59.8 Å². The zero-order valence-electron chi connectivity index (χ0n) is 19.9. The molecule has 7 nitrogen and oxygen atoms in total. The summed E-state index contributed by atoms with van der Waals surface area (Å²) in [6, 6.07) is 14.2. The highest BCUT2D eigenvalue weighted by Gasteiger charge is 2.31. The van der Waals surface area contributed by atoms with Gasteiger partial charge in [0.2, 0.25) is 11.8 Å². The predicted octanol–water partition coefficient (Wildman–Crippen LogP) is 4.12. The van der Waals surface area contributed by atoms with Gasteiger partial charge in [-0.15, -0.1) is 24.0 Å². The molecule has 1 aliphatic carbocycles. The molecule has 1 aromatic carbocycles. The Morgan fingerprint density at radius 1 is 1.12 bits per heavy atom. The largest absolute Gasteiger partial charge is 0.473 e. The molecular formula is C26H36IN5O2. The normalized spacial score (nSPS) is 18.8. The second-order valence-corrected chi connectivity index (χ2v) is 8.92. The Bertz CT molecular complexity index is 934. The number of hydrogen-bond donors (Lipinski definition) is 2. The number of likely N-dealkylation sites (tertiary alicyclic amines) is 1. The van der Waals surface area contributed by atoms with E-state index in [1.54, 1.807) is 13.2 Å². The lowest BCUT2D eigenvalue weighted by molar-refractivity contribution is -0.135. The summed E-state index contributed by atoms with van der Waals surface area (Å²) in [5, 5.41) is 6.86. The Labute approximate surface area is 219 Å². The summed E-state index contributed by atoms with van der Waals surface area (Å²) in [5.41, 5.74) is 2.07. The van der Waals surface area contributed by atoms with Gasteiger partial charge in [0.15, 0.2) is 5.96 Å². The van der Waals surface area contributed by atoms with E-state index in [1.165, 1.54) is 19.3 Å². The number of nitrogens with one attached hydrogen (secondary N) is 2. The van der Waals surface area contributed by atoms with Gasteiger partial charge in [0.1, 0.15) is 6.61 Å². The molecule has 0 radical (unpaired) electrons. The SMILES string of the molecule is CN=C(NCc1cccnc1OCc1ccccc1)NC1CCN(C(=O)C2CCCCC2)C1.I. The average molecular weight is 578 g/mol. The van der Waals surface area contributed by atoms with E-state index >= 15 is 0 Å². The van der Waals surface area contributed by atoms with Crippen molar-refractivity contribution in [3.63, 3.8) is 0 Å². The molecule has 1 atom stereocenters. The van der Waals surface area contributed by atoms with Crippen LogP contribution >= 0.6 is 24.0 Å². The quantitative estimate of drug-likeness (QED) is 0.294. The van der Waals surface area contributed by atoms with Crippen LogP contribution in [0.3, 0.4) is 0 Å². The van der Waals surface area contributed by atoms with E-state index in [0.29, 0.717) is 24.9 Å².